The molecule has 0 aliphatic rings. The minimum absolute atomic E-state index is 0.0464. The Morgan fingerprint density at radius 2 is 2.00 bits per heavy atom. The Kier molecular flexibility index (Phi) is 4.98. The van der Waals surface area contributed by atoms with Crippen molar-refractivity contribution in [2.75, 3.05) is 10.8 Å². The maximum atomic E-state index is 11.8. The first-order valence-corrected chi connectivity index (χ1v) is 5.88. The Bertz CT molecular complexity index is 431. The SMILES string of the molecule is C=CC=CN(C(=O)CCl)c1c(C)cccc1C. The van der Waals surface area contributed by atoms with E-state index in [0.29, 0.717) is 0 Å². The van der Waals surface area contributed by atoms with E-state index in [1.165, 1.54) is 0 Å². The Hall–Kier alpha value is -1.54. The number of halogens is 1. The van der Waals surface area contributed by atoms with Gasteiger partial charge in [-0.2, -0.15) is 0 Å². The average molecular weight is 250 g/mol. The predicted octanol–water partition coefficient (Wildman–Crippen LogP) is 3.57. The molecule has 1 aromatic carbocycles. The molecule has 0 unspecified atom stereocenters. The first-order valence-electron chi connectivity index (χ1n) is 5.35. The van der Waals surface area contributed by atoms with E-state index in [4.69, 9.17) is 11.6 Å². The van der Waals surface area contributed by atoms with Crippen LogP contribution in [0.25, 0.3) is 0 Å². The molecule has 0 bridgehead atoms. The molecule has 0 saturated carbocycles. The van der Waals surface area contributed by atoms with E-state index in [0.717, 1.165) is 16.8 Å². The highest BCUT2D eigenvalue weighted by Gasteiger charge is 2.15. The van der Waals surface area contributed by atoms with E-state index in [-0.39, 0.29) is 11.8 Å². The van der Waals surface area contributed by atoms with Crippen LogP contribution in [0.4, 0.5) is 5.69 Å². The molecular weight excluding hydrogens is 234 g/mol. The molecule has 1 amide bonds. The van der Waals surface area contributed by atoms with Gasteiger partial charge in [0.15, 0.2) is 0 Å². The van der Waals surface area contributed by atoms with Gasteiger partial charge in [-0.3, -0.25) is 9.69 Å². The molecule has 0 aliphatic heterocycles. The van der Waals surface area contributed by atoms with Gasteiger partial charge in [0.05, 0.1) is 5.69 Å². The third-order valence-corrected chi connectivity index (χ3v) is 2.66. The van der Waals surface area contributed by atoms with Gasteiger partial charge < -0.3 is 0 Å². The summed E-state index contributed by atoms with van der Waals surface area (Å²) in [5, 5.41) is 0. The third-order valence-electron chi connectivity index (χ3n) is 2.43. The highest BCUT2D eigenvalue weighted by Crippen LogP contribution is 2.25. The summed E-state index contributed by atoms with van der Waals surface area (Å²) in [6, 6.07) is 5.91. The van der Waals surface area contributed by atoms with E-state index in [1.807, 2.05) is 32.0 Å². The molecular formula is C14H16ClNO. The minimum Gasteiger partial charge on any atom is -0.286 e. The lowest BCUT2D eigenvalue weighted by Gasteiger charge is -2.21. The van der Waals surface area contributed by atoms with Crippen molar-refractivity contribution in [3.63, 3.8) is 0 Å². The summed E-state index contributed by atoms with van der Waals surface area (Å²) in [5.74, 6) is -0.197. The van der Waals surface area contributed by atoms with E-state index in [1.54, 1.807) is 23.3 Å². The summed E-state index contributed by atoms with van der Waals surface area (Å²) in [6.45, 7) is 7.54. The van der Waals surface area contributed by atoms with Gasteiger partial charge in [0.25, 0.3) is 0 Å². The van der Waals surface area contributed by atoms with Crippen molar-refractivity contribution in [2.24, 2.45) is 0 Å². The van der Waals surface area contributed by atoms with Crippen molar-refractivity contribution in [2.45, 2.75) is 13.8 Å². The molecule has 0 N–H and O–H groups in total. The zero-order valence-corrected chi connectivity index (χ0v) is 10.9. The maximum Gasteiger partial charge on any atom is 0.245 e. The maximum absolute atomic E-state index is 11.8. The van der Waals surface area contributed by atoms with Gasteiger partial charge in [0.2, 0.25) is 5.91 Å². The molecule has 2 nitrogen and oxygen atoms in total. The number of carbonyl (C=O) groups is 1. The van der Waals surface area contributed by atoms with Crippen molar-refractivity contribution in [1.29, 1.82) is 0 Å². The summed E-state index contributed by atoms with van der Waals surface area (Å²) in [7, 11) is 0. The van der Waals surface area contributed by atoms with Crippen LogP contribution < -0.4 is 4.90 Å². The molecule has 0 atom stereocenters. The number of benzene rings is 1. The van der Waals surface area contributed by atoms with Crippen LogP contribution >= 0.6 is 11.6 Å². The van der Waals surface area contributed by atoms with Crippen LogP contribution in [0.15, 0.2) is 43.1 Å². The van der Waals surface area contributed by atoms with Crippen molar-refractivity contribution in [3.05, 3.63) is 54.3 Å². The van der Waals surface area contributed by atoms with Gasteiger partial charge in [-0.05, 0) is 31.1 Å². The molecule has 90 valence electrons. The number of carbonyl (C=O) groups excluding carboxylic acids is 1. The van der Waals surface area contributed by atoms with Gasteiger partial charge in [0, 0.05) is 6.20 Å². The summed E-state index contributed by atoms with van der Waals surface area (Å²) in [6.07, 6.45) is 5.03. The first-order chi connectivity index (χ1) is 8.11. The second-order valence-corrected chi connectivity index (χ2v) is 3.98. The highest BCUT2D eigenvalue weighted by atomic mass is 35.5. The number of hydrogen-bond acceptors (Lipinski definition) is 1. The molecule has 0 aliphatic carbocycles. The Morgan fingerprint density at radius 3 is 2.47 bits per heavy atom. The monoisotopic (exact) mass is 249 g/mol. The minimum atomic E-state index is -0.151. The van der Waals surface area contributed by atoms with Gasteiger partial charge >= 0.3 is 0 Å². The van der Waals surface area contributed by atoms with E-state index in [2.05, 4.69) is 6.58 Å². The molecule has 0 heterocycles. The van der Waals surface area contributed by atoms with Crippen LogP contribution in [0.3, 0.4) is 0 Å². The van der Waals surface area contributed by atoms with E-state index >= 15 is 0 Å². The summed E-state index contributed by atoms with van der Waals surface area (Å²) in [4.78, 5) is 13.4. The number of nitrogens with zero attached hydrogens (tertiary/aromatic N) is 1. The normalized spacial score (nSPS) is 10.5. The van der Waals surface area contributed by atoms with Crippen molar-refractivity contribution in [1.82, 2.24) is 0 Å². The van der Waals surface area contributed by atoms with Crippen molar-refractivity contribution in [3.8, 4) is 0 Å². The van der Waals surface area contributed by atoms with Crippen LogP contribution in [0.1, 0.15) is 11.1 Å². The number of rotatable bonds is 4. The molecule has 0 aromatic heterocycles. The van der Waals surface area contributed by atoms with Crippen LogP contribution in [0.2, 0.25) is 0 Å². The molecule has 0 radical (unpaired) electrons. The summed E-state index contributed by atoms with van der Waals surface area (Å²) < 4.78 is 0. The van der Waals surface area contributed by atoms with Crippen LogP contribution in [0, 0.1) is 13.8 Å². The fourth-order valence-electron chi connectivity index (χ4n) is 1.68. The zero-order valence-electron chi connectivity index (χ0n) is 10.1. The van der Waals surface area contributed by atoms with Crippen LogP contribution in [-0.2, 0) is 4.79 Å². The van der Waals surface area contributed by atoms with E-state index < -0.39 is 0 Å². The van der Waals surface area contributed by atoms with Gasteiger partial charge in [0.1, 0.15) is 5.88 Å². The summed E-state index contributed by atoms with van der Waals surface area (Å²) >= 11 is 5.63. The smallest absolute Gasteiger partial charge is 0.245 e. The quantitative estimate of drug-likeness (QED) is 0.590. The van der Waals surface area contributed by atoms with Crippen molar-refractivity contribution >= 4 is 23.2 Å². The number of allylic oxidation sites excluding steroid dienone is 2. The highest BCUT2D eigenvalue weighted by molar-refractivity contribution is 6.29. The van der Waals surface area contributed by atoms with Gasteiger partial charge in [-0.25, -0.2) is 0 Å². The average Bonchev–Trinajstić information content (AvgIpc) is 2.32. The summed E-state index contributed by atoms with van der Waals surface area (Å²) in [5.41, 5.74) is 2.96. The lowest BCUT2D eigenvalue weighted by atomic mass is 10.1. The van der Waals surface area contributed by atoms with Gasteiger partial charge in [-0.1, -0.05) is 30.9 Å². The van der Waals surface area contributed by atoms with Gasteiger partial charge in [-0.15, -0.1) is 11.6 Å². The topological polar surface area (TPSA) is 20.3 Å². The molecule has 1 aromatic rings. The largest absolute Gasteiger partial charge is 0.286 e. The molecule has 3 heteroatoms. The molecule has 0 saturated heterocycles. The molecule has 1 rings (SSSR count). The standard InChI is InChI=1S/C14H16ClNO/c1-4-5-9-16(13(17)10-15)14-11(2)7-6-8-12(14)3/h4-9H,1,10H2,2-3H3. The van der Waals surface area contributed by atoms with Crippen molar-refractivity contribution < 1.29 is 4.79 Å². The lowest BCUT2D eigenvalue weighted by Crippen LogP contribution is -2.27. The predicted molar refractivity (Wildman–Crippen MR) is 73.5 cm³/mol. The second-order valence-electron chi connectivity index (χ2n) is 3.72. The second kappa shape index (κ2) is 6.26. The lowest BCUT2D eigenvalue weighted by molar-refractivity contribution is -0.115. The van der Waals surface area contributed by atoms with Crippen LogP contribution in [-0.4, -0.2) is 11.8 Å². The number of amides is 1. The number of para-hydroxylation sites is 1. The number of alkyl halides is 1. The number of hydrogen-bond donors (Lipinski definition) is 0. The fraction of sp³-hybridized carbons (Fsp3) is 0.214. The van der Waals surface area contributed by atoms with E-state index in [9.17, 15) is 4.79 Å². The number of aryl methyl sites for hydroxylation is 2. The fourth-order valence-corrected chi connectivity index (χ4v) is 1.81. The number of anilines is 1. The molecule has 17 heavy (non-hydrogen) atoms. The molecule has 0 fully saturated rings. The Balaban J connectivity index is 3.26. The zero-order chi connectivity index (χ0) is 12.8. The first kappa shape index (κ1) is 13.5. The third kappa shape index (κ3) is 3.21. The van der Waals surface area contributed by atoms with Crippen LogP contribution in [0.5, 0.6) is 0 Å². The Labute approximate surface area is 107 Å². The Morgan fingerprint density at radius 1 is 1.41 bits per heavy atom. The molecule has 0 spiro atoms.